The molecule has 0 N–H and O–H groups in total. The van der Waals surface area contributed by atoms with E-state index >= 15 is 0 Å². The van der Waals surface area contributed by atoms with Gasteiger partial charge < -0.3 is 4.74 Å². The van der Waals surface area contributed by atoms with Crippen molar-refractivity contribution in [2.75, 3.05) is 6.26 Å². The zero-order valence-electron chi connectivity index (χ0n) is 12.4. The Morgan fingerprint density at radius 3 is 2.57 bits per heavy atom. The number of ether oxygens (including phenoxy) is 1. The van der Waals surface area contributed by atoms with E-state index in [0.29, 0.717) is 22.2 Å². The normalized spacial score (nSPS) is 11.6. The van der Waals surface area contributed by atoms with Crippen molar-refractivity contribution in [2.45, 2.75) is 11.8 Å². The van der Waals surface area contributed by atoms with Gasteiger partial charge in [-0.05, 0) is 48.9 Å². The third kappa shape index (κ3) is 3.14. The summed E-state index contributed by atoms with van der Waals surface area (Å²) in [5.74, 6) is 0.296. The summed E-state index contributed by atoms with van der Waals surface area (Å²) in [5, 5.41) is 0.470. The van der Waals surface area contributed by atoms with Gasteiger partial charge in [-0.3, -0.25) is 0 Å². The molecule has 0 aliphatic rings. The zero-order valence-corrected chi connectivity index (χ0v) is 13.3. The van der Waals surface area contributed by atoms with Crippen LogP contribution in [0.5, 0.6) is 11.6 Å². The van der Waals surface area contributed by atoms with Crippen LogP contribution in [0.1, 0.15) is 5.56 Å². The zero-order chi connectivity index (χ0) is 16.6. The Morgan fingerprint density at radius 1 is 1.09 bits per heavy atom. The number of fused-ring (bicyclic) bond motifs is 1. The van der Waals surface area contributed by atoms with Crippen molar-refractivity contribution in [1.29, 1.82) is 0 Å². The molecular weight excluding hydrogens is 319 g/mol. The third-order valence-electron chi connectivity index (χ3n) is 3.34. The van der Waals surface area contributed by atoms with Crippen molar-refractivity contribution in [3.63, 3.8) is 0 Å². The second kappa shape index (κ2) is 5.58. The molecule has 1 aromatic heterocycles. The number of aromatic nitrogens is 2. The maximum absolute atomic E-state index is 13.3. The van der Waals surface area contributed by atoms with Crippen LogP contribution in [0.4, 0.5) is 4.39 Å². The van der Waals surface area contributed by atoms with Crippen LogP contribution < -0.4 is 4.74 Å². The van der Waals surface area contributed by atoms with Gasteiger partial charge in [0.2, 0.25) is 5.88 Å². The van der Waals surface area contributed by atoms with E-state index in [1.165, 1.54) is 30.6 Å². The van der Waals surface area contributed by atoms with Crippen LogP contribution in [0.25, 0.3) is 10.9 Å². The van der Waals surface area contributed by atoms with Gasteiger partial charge in [0, 0.05) is 6.26 Å². The molecule has 3 aromatic rings. The highest BCUT2D eigenvalue weighted by Gasteiger charge is 2.12. The first kappa shape index (κ1) is 15.4. The van der Waals surface area contributed by atoms with E-state index < -0.39 is 9.84 Å². The fraction of sp³-hybridized carbons (Fsp3) is 0.125. The third-order valence-corrected chi connectivity index (χ3v) is 4.45. The maximum atomic E-state index is 13.3. The lowest BCUT2D eigenvalue weighted by molar-refractivity contribution is 0.465. The van der Waals surface area contributed by atoms with Gasteiger partial charge in [-0.2, -0.15) is 0 Å². The number of hydrogen-bond donors (Lipinski definition) is 0. The minimum Gasteiger partial charge on any atom is -0.438 e. The second-order valence-corrected chi connectivity index (χ2v) is 7.16. The lowest BCUT2D eigenvalue weighted by atomic mass is 10.2. The van der Waals surface area contributed by atoms with E-state index in [0.717, 1.165) is 6.26 Å². The van der Waals surface area contributed by atoms with Crippen LogP contribution in [0, 0.1) is 12.7 Å². The van der Waals surface area contributed by atoms with E-state index in [1.807, 2.05) is 0 Å². The van der Waals surface area contributed by atoms with E-state index in [-0.39, 0.29) is 16.6 Å². The summed E-state index contributed by atoms with van der Waals surface area (Å²) < 4.78 is 42.4. The van der Waals surface area contributed by atoms with E-state index in [2.05, 4.69) is 9.97 Å². The molecule has 0 saturated carbocycles. The number of nitrogens with zero attached hydrogens (tertiary/aromatic N) is 2. The Labute approximate surface area is 132 Å². The molecule has 0 atom stereocenters. The minimum absolute atomic E-state index is 0.153. The highest BCUT2D eigenvalue weighted by Crippen LogP contribution is 2.29. The monoisotopic (exact) mass is 332 g/mol. The number of benzene rings is 2. The lowest BCUT2D eigenvalue weighted by Crippen LogP contribution is -1.98. The van der Waals surface area contributed by atoms with Gasteiger partial charge in [-0.25, -0.2) is 22.8 Å². The first-order chi connectivity index (χ1) is 10.8. The molecule has 0 aliphatic carbocycles. The Bertz CT molecular complexity index is 1000. The van der Waals surface area contributed by atoms with Crippen LogP contribution in [0.3, 0.4) is 0 Å². The number of rotatable bonds is 3. The molecule has 1 heterocycles. The highest BCUT2D eigenvalue weighted by atomic mass is 32.2. The molecular formula is C16H13FN2O3S. The smallest absolute Gasteiger partial charge is 0.230 e. The average Bonchev–Trinajstić information content (AvgIpc) is 2.50. The van der Waals surface area contributed by atoms with Crippen molar-refractivity contribution < 1.29 is 17.5 Å². The van der Waals surface area contributed by atoms with Crippen LogP contribution in [-0.4, -0.2) is 24.6 Å². The summed E-state index contributed by atoms with van der Waals surface area (Å²) in [4.78, 5) is 8.30. The van der Waals surface area contributed by atoms with Crippen LogP contribution in [0.15, 0.2) is 47.6 Å². The summed E-state index contributed by atoms with van der Waals surface area (Å²) >= 11 is 0. The summed E-state index contributed by atoms with van der Waals surface area (Å²) in [6, 6.07) is 8.87. The summed E-state index contributed by atoms with van der Waals surface area (Å²) in [6.45, 7) is 1.63. The molecule has 3 rings (SSSR count). The molecule has 118 valence electrons. The lowest BCUT2D eigenvalue weighted by Gasteiger charge is -2.09. The van der Waals surface area contributed by atoms with Gasteiger partial charge in [0.15, 0.2) is 9.84 Å². The van der Waals surface area contributed by atoms with Crippen molar-refractivity contribution in [3.05, 3.63) is 54.1 Å². The first-order valence-corrected chi connectivity index (χ1v) is 8.62. The molecule has 0 radical (unpaired) electrons. The molecule has 0 saturated heterocycles. The topological polar surface area (TPSA) is 69.2 Å². The molecule has 5 nitrogen and oxygen atoms in total. The standard InChI is InChI=1S/C16H13FN2O3S/c1-10-7-11(3-5-14(10)17)22-16-13-8-12(23(2,20)21)4-6-15(13)18-9-19-16/h3-9H,1-2H3. The Balaban J connectivity index is 2.11. The van der Waals surface area contributed by atoms with Gasteiger partial charge in [-0.15, -0.1) is 0 Å². The number of halogens is 1. The molecule has 0 aliphatic heterocycles. The number of sulfone groups is 1. The minimum atomic E-state index is -3.36. The van der Waals surface area contributed by atoms with Crippen LogP contribution in [0.2, 0.25) is 0 Å². The van der Waals surface area contributed by atoms with E-state index in [1.54, 1.807) is 19.1 Å². The Morgan fingerprint density at radius 2 is 1.87 bits per heavy atom. The summed E-state index contributed by atoms with van der Waals surface area (Å²) in [5.41, 5.74) is 0.999. The fourth-order valence-electron chi connectivity index (χ4n) is 2.12. The van der Waals surface area contributed by atoms with E-state index in [4.69, 9.17) is 4.74 Å². The second-order valence-electron chi connectivity index (χ2n) is 5.14. The van der Waals surface area contributed by atoms with Crippen LogP contribution >= 0.6 is 0 Å². The largest absolute Gasteiger partial charge is 0.438 e. The van der Waals surface area contributed by atoms with E-state index in [9.17, 15) is 12.8 Å². The molecule has 2 aromatic carbocycles. The molecule has 0 amide bonds. The molecule has 7 heteroatoms. The van der Waals surface area contributed by atoms with Gasteiger partial charge in [0.1, 0.15) is 17.9 Å². The Kier molecular flexibility index (Phi) is 3.73. The fourth-order valence-corrected chi connectivity index (χ4v) is 2.76. The Hall–Kier alpha value is -2.54. The number of hydrogen-bond acceptors (Lipinski definition) is 5. The predicted molar refractivity (Wildman–Crippen MR) is 83.9 cm³/mol. The quantitative estimate of drug-likeness (QED) is 0.736. The molecule has 0 spiro atoms. The molecule has 23 heavy (non-hydrogen) atoms. The SMILES string of the molecule is Cc1cc(Oc2ncnc3ccc(S(C)(=O)=O)cc23)ccc1F. The van der Waals surface area contributed by atoms with Crippen molar-refractivity contribution in [3.8, 4) is 11.6 Å². The van der Waals surface area contributed by atoms with Crippen LogP contribution in [-0.2, 0) is 9.84 Å². The summed E-state index contributed by atoms with van der Waals surface area (Å²) in [6.07, 6.45) is 2.45. The van der Waals surface area contributed by atoms with Crippen molar-refractivity contribution in [2.24, 2.45) is 0 Å². The van der Waals surface area contributed by atoms with Crippen molar-refractivity contribution >= 4 is 20.7 Å². The predicted octanol–water partition coefficient (Wildman–Crippen LogP) is 3.27. The first-order valence-electron chi connectivity index (χ1n) is 6.73. The van der Waals surface area contributed by atoms with Gasteiger partial charge in [0.05, 0.1) is 15.8 Å². The van der Waals surface area contributed by atoms with Gasteiger partial charge in [0.25, 0.3) is 0 Å². The molecule has 0 bridgehead atoms. The average molecular weight is 332 g/mol. The van der Waals surface area contributed by atoms with Crippen molar-refractivity contribution in [1.82, 2.24) is 9.97 Å². The highest BCUT2D eigenvalue weighted by molar-refractivity contribution is 7.90. The van der Waals surface area contributed by atoms with Gasteiger partial charge in [-0.1, -0.05) is 0 Å². The maximum Gasteiger partial charge on any atom is 0.230 e. The molecule has 0 fully saturated rings. The number of aryl methyl sites for hydroxylation is 1. The molecule has 0 unspecified atom stereocenters. The van der Waals surface area contributed by atoms with Gasteiger partial charge >= 0.3 is 0 Å². The summed E-state index contributed by atoms with van der Waals surface area (Å²) in [7, 11) is -3.36.